The van der Waals surface area contributed by atoms with E-state index in [1.165, 1.54) is 41.6 Å². The van der Waals surface area contributed by atoms with Crippen molar-refractivity contribution in [1.82, 2.24) is 9.21 Å². The number of nitrogens with zero attached hydrogens (tertiary/aromatic N) is 2. The normalized spacial score (nSPS) is 13.3. The summed E-state index contributed by atoms with van der Waals surface area (Å²) in [5.74, 6) is -0.330. The van der Waals surface area contributed by atoms with Crippen LogP contribution in [0.2, 0.25) is 0 Å². The first-order chi connectivity index (χ1) is 16.9. The fraction of sp³-hybridized carbons (Fsp3) is 0.385. The van der Waals surface area contributed by atoms with Crippen LogP contribution in [-0.2, 0) is 21.2 Å². The highest BCUT2D eigenvalue weighted by atomic mass is 32.2. The lowest BCUT2D eigenvalue weighted by molar-refractivity contribution is -0.114. The third kappa shape index (κ3) is 8.18. The van der Waals surface area contributed by atoms with Gasteiger partial charge in [-0.25, -0.2) is 13.2 Å². The topological polar surface area (TPSA) is 127 Å². The maximum absolute atomic E-state index is 13.5. The molecule has 0 aliphatic rings. The summed E-state index contributed by atoms with van der Waals surface area (Å²) >= 11 is 0. The van der Waals surface area contributed by atoms with Crippen molar-refractivity contribution < 1.29 is 28.2 Å². The minimum Gasteiger partial charge on any atom is -0.465 e. The second-order valence-corrected chi connectivity index (χ2v) is 10.9. The number of anilines is 1. The number of carboxylic acid groups (broad SMARTS) is 1. The van der Waals surface area contributed by atoms with Crippen molar-refractivity contribution >= 4 is 27.7 Å². The number of hydrogen-bond acceptors (Lipinski definition) is 5. The van der Waals surface area contributed by atoms with E-state index in [2.05, 4.69) is 11.9 Å². The molecule has 0 spiro atoms. The quantitative estimate of drug-likeness (QED) is 0.349. The van der Waals surface area contributed by atoms with Gasteiger partial charge < -0.3 is 15.5 Å². The van der Waals surface area contributed by atoms with Gasteiger partial charge in [0.15, 0.2) is 0 Å². The maximum Gasteiger partial charge on any atom is 0.407 e. The SMILES string of the molecule is C=CCN(C(=O)O)[C@@H](Cc1ccccc1)[C@H](O)CN(CC(C)C)S(=O)(=O)c1ccc(NC(C)=O)cc1. The van der Waals surface area contributed by atoms with Crippen LogP contribution in [0.5, 0.6) is 0 Å². The molecule has 0 aromatic heterocycles. The lowest BCUT2D eigenvalue weighted by Crippen LogP contribution is -2.52. The molecule has 9 nitrogen and oxygen atoms in total. The lowest BCUT2D eigenvalue weighted by atomic mass is 9.99. The molecule has 0 saturated heterocycles. The number of hydrogen-bond donors (Lipinski definition) is 3. The third-order valence-electron chi connectivity index (χ3n) is 5.48. The van der Waals surface area contributed by atoms with E-state index in [0.717, 1.165) is 10.5 Å². The van der Waals surface area contributed by atoms with Crippen LogP contribution in [0.3, 0.4) is 0 Å². The average Bonchev–Trinajstić information content (AvgIpc) is 2.81. The molecule has 2 aromatic carbocycles. The predicted octanol–water partition coefficient (Wildman–Crippen LogP) is 3.43. The first kappa shape index (κ1) is 29.0. The Bertz CT molecular complexity index is 1120. The predicted molar refractivity (Wildman–Crippen MR) is 139 cm³/mol. The summed E-state index contributed by atoms with van der Waals surface area (Å²) in [7, 11) is -4.03. The molecule has 0 aliphatic heterocycles. The molecule has 2 atom stereocenters. The Kier molecular flexibility index (Phi) is 10.6. The molecular weight excluding hydrogens is 482 g/mol. The van der Waals surface area contributed by atoms with Crippen LogP contribution in [0.4, 0.5) is 10.5 Å². The van der Waals surface area contributed by atoms with Crippen molar-refractivity contribution in [1.29, 1.82) is 0 Å². The molecule has 0 bridgehead atoms. The van der Waals surface area contributed by atoms with E-state index in [-0.39, 0.29) is 42.8 Å². The third-order valence-corrected chi connectivity index (χ3v) is 7.32. The minimum absolute atomic E-state index is 0.00486. The number of rotatable bonds is 13. The second-order valence-electron chi connectivity index (χ2n) is 8.97. The number of carbonyl (C=O) groups is 2. The number of sulfonamides is 1. The molecule has 0 heterocycles. The van der Waals surface area contributed by atoms with Gasteiger partial charge in [-0.15, -0.1) is 6.58 Å². The van der Waals surface area contributed by atoms with Gasteiger partial charge in [0.2, 0.25) is 15.9 Å². The van der Waals surface area contributed by atoms with Crippen molar-refractivity contribution in [3.05, 3.63) is 72.8 Å². The molecular formula is C26H35N3O6S. The van der Waals surface area contributed by atoms with Crippen LogP contribution in [0.1, 0.15) is 26.3 Å². The Morgan fingerprint density at radius 3 is 2.17 bits per heavy atom. The Labute approximate surface area is 213 Å². The van der Waals surface area contributed by atoms with Crippen molar-refractivity contribution in [3.8, 4) is 0 Å². The Balaban J connectivity index is 2.39. The van der Waals surface area contributed by atoms with Crippen LogP contribution in [0, 0.1) is 5.92 Å². The number of aliphatic hydroxyl groups is 1. The Hall–Kier alpha value is -3.21. The molecule has 3 N–H and O–H groups in total. The van der Waals surface area contributed by atoms with E-state index in [4.69, 9.17) is 0 Å². The number of carbonyl (C=O) groups excluding carboxylic acids is 1. The van der Waals surface area contributed by atoms with Gasteiger partial charge in [0.1, 0.15) is 0 Å². The van der Waals surface area contributed by atoms with E-state index in [0.29, 0.717) is 5.69 Å². The monoisotopic (exact) mass is 517 g/mol. The molecule has 0 fully saturated rings. The fourth-order valence-corrected chi connectivity index (χ4v) is 5.50. The largest absolute Gasteiger partial charge is 0.465 e. The molecule has 0 radical (unpaired) electrons. The van der Waals surface area contributed by atoms with Crippen LogP contribution >= 0.6 is 0 Å². The standard InChI is InChI=1S/C26H35N3O6S/c1-5-15-29(26(32)33)24(16-21-9-7-6-8-10-21)25(31)18-28(17-19(2)3)36(34,35)23-13-11-22(12-14-23)27-20(4)30/h5-14,19,24-25,31H,1,15-18H2,2-4H3,(H,27,30)(H,32,33)/t24-,25+/m0/s1. The summed E-state index contributed by atoms with van der Waals surface area (Å²) in [6, 6.07) is 14.0. The number of amides is 2. The lowest BCUT2D eigenvalue weighted by Gasteiger charge is -2.35. The molecule has 0 aliphatic carbocycles. The molecule has 2 amide bonds. The van der Waals surface area contributed by atoms with Gasteiger partial charge in [0.25, 0.3) is 0 Å². The highest BCUT2D eigenvalue weighted by Crippen LogP contribution is 2.22. The van der Waals surface area contributed by atoms with E-state index >= 15 is 0 Å². The first-order valence-electron chi connectivity index (χ1n) is 11.7. The number of benzene rings is 2. The van der Waals surface area contributed by atoms with Gasteiger partial charge in [-0.2, -0.15) is 4.31 Å². The molecule has 196 valence electrons. The summed E-state index contributed by atoms with van der Waals surface area (Å²) in [5.41, 5.74) is 1.27. The summed E-state index contributed by atoms with van der Waals surface area (Å²) in [4.78, 5) is 24.4. The van der Waals surface area contributed by atoms with Gasteiger partial charge in [0.05, 0.1) is 17.0 Å². The van der Waals surface area contributed by atoms with E-state index < -0.39 is 28.3 Å². The first-order valence-corrected chi connectivity index (χ1v) is 13.1. The Morgan fingerprint density at radius 1 is 1.06 bits per heavy atom. The average molecular weight is 518 g/mol. The van der Waals surface area contributed by atoms with Gasteiger partial charge in [0, 0.05) is 32.2 Å². The second kappa shape index (κ2) is 13.2. The van der Waals surface area contributed by atoms with Crippen molar-refractivity contribution in [2.24, 2.45) is 5.92 Å². The van der Waals surface area contributed by atoms with Crippen molar-refractivity contribution in [3.63, 3.8) is 0 Å². The van der Waals surface area contributed by atoms with Crippen molar-refractivity contribution in [2.45, 2.75) is 44.2 Å². The summed E-state index contributed by atoms with van der Waals surface area (Å²) < 4.78 is 28.2. The molecule has 36 heavy (non-hydrogen) atoms. The smallest absolute Gasteiger partial charge is 0.407 e. The molecule has 0 saturated carbocycles. The highest BCUT2D eigenvalue weighted by molar-refractivity contribution is 7.89. The fourth-order valence-electron chi connectivity index (χ4n) is 3.87. The minimum atomic E-state index is -4.03. The number of nitrogens with one attached hydrogen (secondary N) is 1. The zero-order valence-electron chi connectivity index (χ0n) is 20.9. The van der Waals surface area contributed by atoms with Crippen LogP contribution in [0.25, 0.3) is 0 Å². The van der Waals surface area contributed by atoms with Crippen LogP contribution in [-0.4, -0.2) is 71.6 Å². The molecule has 0 unspecified atom stereocenters. The van der Waals surface area contributed by atoms with E-state index in [1.54, 1.807) is 0 Å². The van der Waals surface area contributed by atoms with E-state index in [1.807, 2.05) is 44.2 Å². The highest BCUT2D eigenvalue weighted by Gasteiger charge is 2.34. The summed E-state index contributed by atoms with van der Waals surface area (Å²) in [6.07, 6.45) is -0.920. The van der Waals surface area contributed by atoms with Crippen LogP contribution in [0.15, 0.2) is 72.1 Å². The van der Waals surface area contributed by atoms with E-state index in [9.17, 15) is 28.2 Å². The molecule has 2 aromatic rings. The van der Waals surface area contributed by atoms with Gasteiger partial charge in [-0.05, 0) is 42.2 Å². The zero-order chi connectivity index (χ0) is 26.9. The Morgan fingerprint density at radius 2 is 1.67 bits per heavy atom. The van der Waals surface area contributed by atoms with Crippen LogP contribution < -0.4 is 5.32 Å². The van der Waals surface area contributed by atoms with Gasteiger partial charge >= 0.3 is 6.09 Å². The molecule has 10 heteroatoms. The summed E-state index contributed by atoms with van der Waals surface area (Å²) in [5, 5.41) is 23.7. The zero-order valence-corrected chi connectivity index (χ0v) is 21.7. The van der Waals surface area contributed by atoms with Gasteiger partial charge in [-0.3, -0.25) is 9.69 Å². The maximum atomic E-state index is 13.5. The molecule has 2 rings (SSSR count). The summed E-state index contributed by atoms with van der Waals surface area (Å²) in [6.45, 7) is 8.49. The van der Waals surface area contributed by atoms with Crippen molar-refractivity contribution in [2.75, 3.05) is 25.0 Å². The van der Waals surface area contributed by atoms with Gasteiger partial charge in [-0.1, -0.05) is 50.3 Å². The number of aliphatic hydroxyl groups excluding tert-OH is 1.